The Balaban J connectivity index is 1.95. The molecule has 0 aliphatic carbocycles. The quantitative estimate of drug-likeness (QED) is 0.784. The third-order valence-corrected chi connectivity index (χ3v) is 3.55. The molecule has 0 aromatic carbocycles. The van der Waals surface area contributed by atoms with Crippen LogP contribution in [-0.4, -0.2) is 39.8 Å². The number of nitrogens with one attached hydrogen (secondary N) is 1. The lowest BCUT2D eigenvalue weighted by Gasteiger charge is -2.03. The zero-order chi connectivity index (χ0) is 14.5. The Hall–Kier alpha value is -1.37. The molecule has 7 heteroatoms. The van der Waals surface area contributed by atoms with E-state index in [-0.39, 0.29) is 0 Å². The zero-order valence-electron chi connectivity index (χ0n) is 12.1. The summed E-state index contributed by atoms with van der Waals surface area (Å²) >= 11 is 6.22. The van der Waals surface area contributed by atoms with Crippen LogP contribution >= 0.6 is 11.6 Å². The highest BCUT2D eigenvalue weighted by Crippen LogP contribution is 2.19. The van der Waals surface area contributed by atoms with Gasteiger partial charge in [0.2, 0.25) is 0 Å². The van der Waals surface area contributed by atoms with Crippen LogP contribution in [0.15, 0.2) is 12.3 Å². The highest BCUT2D eigenvalue weighted by Gasteiger charge is 2.12. The van der Waals surface area contributed by atoms with Crippen molar-refractivity contribution >= 4 is 11.6 Å². The summed E-state index contributed by atoms with van der Waals surface area (Å²) < 4.78 is 8.54. The molecule has 0 saturated heterocycles. The Morgan fingerprint density at radius 1 is 1.40 bits per heavy atom. The SMILES string of the molecule is COCCNCc1ccn(Cc2c(C)nn(C)c2Cl)n1. The lowest BCUT2D eigenvalue weighted by molar-refractivity contribution is 0.199. The first-order valence-corrected chi connectivity index (χ1v) is 6.89. The number of rotatable bonds is 7. The van der Waals surface area contributed by atoms with E-state index in [2.05, 4.69) is 15.5 Å². The van der Waals surface area contributed by atoms with Gasteiger partial charge in [-0.3, -0.25) is 9.36 Å². The molecular weight excluding hydrogens is 278 g/mol. The first-order chi connectivity index (χ1) is 9.61. The first kappa shape index (κ1) is 15.0. The van der Waals surface area contributed by atoms with E-state index >= 15 is 0 Å². The van der Waals surface area contributed by atoms with Gasteiger partial charge in [-0.25, -0.2) is 0 Å². The molecule has 0 unspecified atom stereocenters. The van der Waals surface area contributed by atoms with Crippen molar-refractivity contribution in [2.75, 3.05) is 20.3 Å². The molecule has 6 nitrogen and oxygen atoms in total. The molecule has 0 radical (unpaired) electrons. The van der Waals surface area contributed by atoms with E-state index in [0.717, 1.165) is 30.0 Å². The maximum Gasteiger partial charge on any atom is 0.132 e. The summed E-state index contributed by atoms with van der Waals surface area (Å²) in [5.41, 5.74) is 2.95. The van der Waals surface area contributed by atoms with Crippen LogP contribution in [0.4, 0.5) is 0 Å². The van der Waals surface area contributed by atoms with Crippen molar-refractivity contribution in [1.29, 1.82) is 0 Å². The maximum atomic E-state index is 6.22. The van der Waals surface area contributed by atoms with Crippen molar-refractivity contribution in [2.24, 2.45) is 7.05 Å². The summed E-state index contributed by atoms with van der Waals surface area (Å²) in [6.07, 6.45) is 1.95. The summed E-state index contributed by atoms with van der Waals surface area (Å²) in [5.74, 6) is 0. The number of nitrogens with zero attached hydrogens (tertiary/aromatic N) is 4. The Morgan fingerprint density at radius 2 is 2.20 bits per heavy atom. The van der Waals surface area contributed by atoms with Crippen LogP contribution in [0.5, 0.6) is 0 Å². The molecule has 0 atom stereocenters. The van der Waals surface area contributed by atoms with E-state index < -0.39 is 0 Å². The molecule has 0 spiro atoms. The minimum Gasteiger partial charge on any atom is -0.383 e. The maximum absolute atomic E-state index is 6.22. The summed E-state index contributed by atoms with van der Waals surface area (Å²) in [6.45, 7) is 4.84. The van der Waals surface area contributed by atoms with Gasteiger partial charge in [0.05, 0.1) is 24.5 Å². The Kier molecular flexibility index (Phi) is 5.17. The van der Waals surface area contributed by atoms with E-state index in [1.165, 1.54) is 0 Å². The number of ether oxygens (including phenoxy) is 1. The van der Waals surface area contributed by atoms with E-state index in [1.807, 2.05) is 30.9 Å². The average molecular weight is 298 g/mol. The van der Waals surface area contributed by atoms with Gasteiger partial charge in [-0.15, -0.1) is 0 Å². The van der Waals surface area contributed by atoms with Crippen molar-refractivity contribution in [3.8, 4) is 0 Å². The average Bonchev–Trinajstić information content (AvgIpc) is 2.96. The molecule has 0 saturated carbocycles. The third-order valence-electron chi connectivity index (χ3n) is 3.07. The van der Waals surface area contributed by atoms with Crippen LogP contribution in [0, 0.1) is 6.92 Å². The Morgan fingerprint density at radius 3 is 2.85 bits per heavy atom. The molecule has 0 aliphatic rings. The smallest absolute Gasteiger partial charge is 0.132 e. The van der Waals surface area contributed by atoms with Gasteiger partial charge in [-0.05, 0) is 13.0 Å². The molecule has 2 rings (SSSR count). The number of hydrogen-bond acceptors (Lipinski definition) is 4. The van der Waals surface area contributed by atoms with Gasteiger partial charge >= 0.3 is 0 Å². The number of halogens is 1. The molecule has 0 aliphatic heterocycles. The Labute approximate surface area is 123 Å². The topological polar surface area (TPSA) is 56.9 Å². The summed E-state index contributed by atoms with van der Waals surface area (Å²) in [4.78, 5) is 0. The minimum atomic E-state index is 0.635. The van der Waals surface area contributed by atoms with E-state index in [9.17, 15) is 0 Å². The standard InChI is InChI=1S/C13H20ClN5O/c1-10-12(13(14)18(2)16-10)9-19-6-4-11(17-19)8-15-5-7-20-3/h4,6,15H,5,7-9H2,1-3H3. The summed E-state index contributed by atoms with van der Waals surface area (Å²) in [7, 11) is 3.53. The Bertz CT molecular complexity index is 563. The normalized spacial score (nSPS) is 11.2. The molecule has 2 heterocycles. The van der Waals surface area contributed by atoms with E-state index in [4.69, 9.17) is 16.3 Å². The van der Waals surface area contributed by atoms with Crippen LogP contribution in [0.25, 0.3) is 0 Å². The van der Waals surface area contributed by atoms with Gasteiger partial charge in [0, 0.05) is 39.0 Å². The second kappa shape index (κ2) is 6.88. The van der Waals surface area contributed by atoms with Gasteiger partial charge in [0.25, 0.3) is 0 Å². The molecule has 0 amide bonds. The van der Waals surface area contributed by atoms with Crippen LogP contribution < -0.4 is 5.32 Å². The number of hydrogen-bond donors (Lipinski definition) is 1. The zero-order valence-corrected chi connectivity index (χ0v) is 12.8. The first-order valence-electron chi connectivity index (χ1n) is 6.51. The van der Waals surface area contributed by atoms with Crippen molar-refractivity contribution in [1.82, 2.24) is 24.9 Å². The molecule has 2 aromatic rings. The lowest BCUT2D eigenvalue weighted by Crippen LogP contribution is -2.19. The van der Waals surface area contributed by atoms with Crippen LogP contribution in [0.1, 0.15) is 17.0 Å². The summed E-state index contributed by atoms with van der Waals surface area (Å²) in [5, 5.41) is 12.7. The van der Waals surface area contributed by atoms with Gasteiger partial charge < -0.3 is 10.1 Å². The number of aryl methyl sites for hydroxylation is 2. The second-order valence-corrected chi connectivity index (χ2v) is 5.01. The largest absolute Gasteiger partial charge is 0.383 e. The molecule has 0 bridgehead atoms. The fourth-order valence-electron chi connectivity index (χ4n) is 1.99. The van der Waals surface area contributed by atoms with Gasteiger partial charge in [-0.2, -0.15) is 10.2 Å². The molecule has 1 N–H and O–H groups in total. The molecular formula is C13H20ClN5O. The molecule has 0 fully saturated rings. The van der Waals surface area contributed by atoms with E-state index in [1.54, 1.807) is 11.8 Å². The van der Waals surface area contributed by atoms with Crippen LogP contribution in [0.2, 0.25) is 5.15 Å². The van der Waals surface area contributed by atoms with Crippen molar-refractivity contribution in [3.05, 3.63) is 34.4 Å². The highest BCUT2D eigenvalue weighted by molar-refractivity contribution is 6.30. The van der Waals surface area contributed by atoms with Crippen LogP contribution in [-0.2, 0) is 24.9 Å². The minimum absolute atomic E-state index is 0.635. The van der Waals surface area contributed by atoms with Crippen LogP contribution in [0.3, 0.4) is 0 Å². The van der Waals surface area contributed by atoms with E-state index in [0.29, 0.717) is 18.3 Å². The molecule has 20 heavy (non-hydrogen) atoms. The van der Waals surface area contributed by atoms with Gasteiger partial charge in [-0.1, -0.05) is 11.6 Å². The predicted molar refractivity (Wildman–Crippen MR) is 77.9 cm³/mol. The molecule has 2 aromatic heterocycles. The number of aromatic nitrogens is 4. The van der Waals surface area contributed by atoms with Crippen molar-refractivity contribution < 1.29 is 4.74 Å². The monoisotopic (exact) mass is 297 g/mol. The lowest BCUT2D eigenvalue weighted by atomic mass is 10.3. The molecule has 110 valence electrons. The number of methoxy groups -OCH3 is 1. The van der Waals surface area contributed by atoms with Crippen molar-refractivity contribution in [3.63, 3.8) is 0 Å². The fraction of sp³-hybridized carbons (Fsp3) is 0.538. The fourth-order valence-corrected chi connectivity index (χ4v) is 2.23. The highest BCUT2D eigenvalue weighted by atomic mass is 35.5. The van der Waals surface area contributed by atoms with Gasteiger partial charge in [0.1, 0.15) is 5.15 Å². The predicted octanol–water partition coefficient (Wildman–Crippen LogP) is 1.36. The summed E-state index contributed by atoms with van der Waals surface area (Å²) in [6, 6.07) is 2.00. The third kappa shape index (κ3) is 3.59. The van der Waals surface area contributed by atoms with Crippen molar-refractivity contribution in [2.45, 2.75) is 20.0 Å². The van der Waals surface area contributed by atoms with Gasteiger partial charge in [0.15, 0.2) is 0 Å². The second-order valence-electron chi connectivity index (χ2n) is 4.65.